The second kappa shape index (κ2) is 12.0. The molecule has 0 bridgehead atoms. The predicted octanol–water partition coefficient (Wildman–Crippen LogP) is 2.92. The van der Waals surface area contributed by atoms with Gasteiger partial charge in [-0.1, -0.05) is 24.3 Å². The summed E-state index contributed by atoms with van der Waals surface area (Å²) in [6.45, 7) is 3.04. The number of hydrogen-bond donors (Lipinski definition) is 2. The minimum absolute atomic E-state index is 0.00549. The van der Waals surface area contributed by atoms with E-state index < -0.39 is 0 Å². The number of nitrogens with zero attached hydrogens (tertiary/aromatic N) is 3. The van der Waals surface area contributed by atoms with E-state index in [2.05, 4.69) is 15.6 Å². The van der Waals surface area contributed by atoms with Gasteiger partial charge in [-0.05, 0) is 61.1 Å². The number of hydrogen-bond acceptors (Lipinski definition) is 3. The van der Waals surface area contributed by atoms with Crippen LogP contribution >= 0.6 is 0 Å². The molecule has 0 aliphatic carbocycles. The highest BCUT2D eigenvalue weighted by Gasteiger charge is 2.17. The molecule has 2 aromatic rings. The van der Waals surface area contributed by atoms with E-state index in [1.807, 2.05) is 53.4 Å². The van der Waals surface area contributed by atoms with Gasteiger partial charge in [-0.2, -0.15) is 0 Å². The second-order valence-corrected chi connectivity index (χ2v) is 8.55. The number of amides is 2. The first kappa shape index (κ1) is 24.3. The van der Waals surface area contributed by atoms with Crippen molar-refractivity contribution in [2.24, 2.45) is 4.99 Å². The summed E-state index contributed by atoms with van der Waals surface area (Å²) < 4.78 is 0. The van der Waals surface area contributed by atoms with Crippen molar-refractivity contribution in [3.8, 4) is 0 Å². The molecular weight excluding hydrogens is 414 g/mol. The lowest BCUT2D eigenvalue weighted by molar-refractivity contribution is 0.0724. The van der Waals surface area contributed by atoms with Crippen molar-refractivity contribution in [2.75, 3.05) is 40.8 Å². The Bertz CT molecular complexity index is 963. The van der Waals surface area contributed by atoms with Gasteiger partial charge in [-0.3, -0.25) is 14.6 Å². The lowest BCUT2D eigenvalue weighted by Gasteiger charge is -2.26. The lowest BCUT2D eigenvalue weighted by Crippen LogP contribution is -2.38. The third-order valence-electron chi connectivity index (χ3n) is 5.81. The summed E-state index contributed by atoms with van der Waals surface area (Å²) in [4.78, 5) is 32.6. The number of likely N-dealkylation sites (tertiary alicyclic amines) is 1. The van der Waals surface area contributed by atoms with Crippen LogP contribution < -0.4 is 10.6 Å². The number of nitrogens with one attached hydrogen (secondary N) is 2. The predicted molar refractivity (Wildman–Crippen MR) is 133 cm³/mol. The average molecular weight is 450 g/mol. The van der Waals surface area contributed by atoms with Crippen LogP contribution in [-0.2, 0) is 13.0 Å². The van der Waals surface area contributed by atoms with E-state index >= 15 is 0 Å². The number of aliphatic imine (C=N–C) groups is 1. The molecule has 176 valence electrons. The minimum Gasteiger partial charge on any atom is -0.356 e. The second-order valence-electron chi connectivity index (χ2n) is 8.55. The molecule has 0 aromatic heterocycles. The summed E-state index contributed by atoms with van der Waals surface area (Å²) in [6.07, 6.45) is 4.19. The summed E-state index contributed by atoms with van der Waals surface area (Å²) in [5.74, 6) is 0.845. The quantitative estimate of drug-likeness (QED) is 0.503. The van der Waals surface area contributed by atoms with E-state index in [4.69, 9.17) is 0 Å². The highest BCUT2D eigenvalue weighted by atomic mass is 16.2. The zero-order valence-corrected chi connectivity index (χ0v) is 19.9. The van der Waals surface area contributed by atoms with Crippen LogP contribution in [0.4, 0.5) is 0 Å². The van der Waals surface area contributed by atoms with Gasteiger partial charge < -0.3 is 20.4 Å². The molecule has 0 unspecified atom stereocenters. The van der Waals surface area contributed by atoms with Crippen LogP contribution in [-0.4, -0.2) is 68.4 Å². The molecule has 7 nitrogen and oxygen atoms in total. The number of piperidine rings is 1. The Balaban J connectivity index is 1.45. The van der Waals surface area contributed by atoms with E-state index in [1.165, 1.54) is 6.42 Å². The summed E-state index contributed by atoms with van der Waals surface area (Å²) in [5, 5.41) is 6.63. The average Bonchev–Trinajstić information content (AvgIpc) is 2.86. The molecule has 33 heavy (non-hydrogen) atoms. The van der Waals surface area contributed by atoms with Crippen LogP contribution in [0.2, 0.25) is 0 Å². The van der Waals surface area contributed by atoms with E-state index in [9.17, 15) is 9.59 Å². The Morgan fingerprint density at radius 3 is 2.33 bits per heavy atom. The number of carbonyl (C=O) groups is 2. The molecular formula is C26H35N5O2. The van der Waals surface area contributed by atoms with Gasteiger partial charge in [0.1, 0.15) is 0 Å². The van der Waals surface area contributed by atoms with Crippen molar-refractivity contribution in [3.05, 3.63) is 70.8 Å². The summed E-state index contributed by atoms with van der Waals surface area (Å²) in [7, 11) is 5.25. The van der Waals surface area contributed by atoms with Crippen LogP contribution in [0.15, 0.2) is 53.5 Å². The van der Waals surface area contributed by atoms with Crippen molar-refractivity contribution in [3.63, 3.8) is 0 Å². The zero-order chi connectivity index (χ0) is 23.6. The molecule has 1 heterocycles. The van der Waals surface area contributed by atoms with Crippen molar-refractivity contribution < 1.29 is 9.59 Å². The normalized spacial score (nSPS) is 14.0. The van der Waals surface area contributed by atoms with E-state index in [1.54, 1.807) is 26.0 Å². The first-order chi connectivity index (χ1) is 16.0. The van der Waals surface area contributed by atoms with Gasteiger partial charge in [-0.25, -0.2) is 0 Å². The lowest BCUT2D eigenvalue weighted by atomic mass is 10.1. The highest BCUT2D eigenvalue weighted by molar-refractivity contribution is 5.94. The molecule has 3 rings (SSSR count). The maximum Gasteiger partial charge on any atom is 0.253 e. The summed E-state index contributed by atoms with van der Waals surface area (Å²) >= 11 is 0. The van der Waals surface area contributed by atoms with Gasteiger partial charge in [0.05, 0.1) is 0 Å². The molecule has 1 aliphatic rings. The molecule has 1 saturated heterocycles. The molecule has 2 amide bonds. The maximum atomic E-state index is 12.6. The van der Waals surface area contributed by atoms with Crippen LogP contribution in [0.5, 0.6) is 0 Å². The van der Waals surface area contributed by atoms with Gasteiger partial charge >= 0.3 is 0 Å². The first-order valence-electron chi connectivity index (χ1n) is 11.6. The number of guanidine groups is 1. The monoisotopic (exact) mass is 449 g/mol. The van der Waals surface area contributed by atoms with Crippen molar-refractivity contribution in [2.45, 2.75) is 32.2 Å². The minimum atomic E-state index is 0.00549. The van der Waals surface area contributed by atoms with Gasteiger partial charge in [0.25, 0.3) is 11.8 Å². The first-order valence-corrected chi connectivity index (χ1v) is 11.6. The molecule has 7 heteroatoms. The molecule has 0 radical (unpaired) electrons. The van der Waals surface area contributed by atoms with Crippen LogP contribution in [0.25, 0.3) is 0 Å². The Hall–Kier alpha value is -3.35. The Labute approximate surface area is 196 Å². The van der Waals surface area contributed by atoms with Gasteiger partial charge in [0.15, 0.2) is 5.96 Å². The van der Waals surface area contributed by atoms with E-state index in [0.29, 0.717) is 24.6 Å². The number of rotatable bonds is 7. The Morgan fingerprint density at radius 2 is 1.67 bits per heavy atom. The van der Waals surface area contributed by atoms with Gasteiger partial charge in [-0.15, -0.1) is 0 Å². The third kappa shape index (κ3) is 7.07. The molecule has 1 aliphatic heterocycles. The van der Waals surface area contributed by atoms with Gasteiger partial charge in [0.2, 0.25) is 0 Å². The fourth-order valence-electron chi connectivity index (χ4n) is 3.89. The molecule has 2 N–H and O–H groups in total. The molecule has 2 aromatic carbocycles. The standard InChI is InChI=1S/C26H35N5O2/c1-27-26(28-15-14-20-8-7-9-23(18-20)24(32)30(2)3)29-19-21-10-12-22(13-11-21)25(33)31-16-5-4-6-17-31/h7-13,18H,4-6,14-17,19H2,1-3H3,(H2,27,28,29). The topological polar surface area (TPSA) is 77.0 Å². The molecule has 0 atom stereocenters. The van der Waals surface area contributed by atoms with E-state index in [-0.39, 0.29) is 11.8 Å². The maximum absolute atomic E-state index is 12.6. The SMILES string of the molecule is CN=C(NCCc1cccc(C(=O)N(C)C)c1)NCc1ccc(C(=O)N2CCCCC2)cc1. The van der Waals surface area contributed by atoms with Crippen molar-refractivity contribution >= 4 is 17.8 Å². The Morgan fingerprint density at radius 1 is 0.939 bits per heavy atom. The zero-order valence-electron chi connectivity index (χ0n) is 19.9. The fraction of sp³-hybridized carbons (Fsp3) is 0.423. The molecule has 1 fully saturated rings. The van der Waals surface area contributed by atoms with Gasteiger partial charge in [0, 0.05) is 58.4 Å². The molecule has 0 saturated carbocycles. The van der Waals surface area contributed by atoms with Crippen molar-refractivity contribution in [1.29, 1.82) is 0 Å². The molecule has 0 spiro atoms. The third-order valence-corrected chi connectivity index (χ3v) is 5.81. The van der Waals surface area contributed by atoms with Crippen LogP contribution in [0.3, 0.4) is 0 Å². The number of carbonyl (C=O) groups excluding carboxylic acids is 2. The summed E-state index contributed by atoms with van der Waals surface area (Å²) in [5.41, 5.74) is 3.63. The Kier molecular flexibility index (Phi) is 8.87. The van der Waals surface area contributed by atoms with Crippen LogP contribution in [0, 0.1) is 0 Å². The van der Waals surface area contributed by atoms with Crippen LogP contribution in [0.1, 0.15) is 51.1 Å². The largest absolute Gasteiger partial charge is 0.356 e. The fourth-order valence-corrected chi connectivity index (χ4v) is 3.89. The number of benzene rings is 2. The van der Waals surface area contributed by atoms with E-state index in [0.717, 1.165) is 49.0 Å². The highest BCUT2D eigenvalue weighted by Crippen LogP contribution is 2.14. The summed E-state index contributed by atoms with van der Waals surface area (Å²) in [6, 6.07) is 15.5. The van der Waals surface area contributed by atoms with Crippen molar-refractivity contribution in [1.82, 2.24) is 20.4 Å². The smallest absolute Gasteiger partial charge is 0.253 e.